The third-order valence-electron chi connectivity index (χ3n) is 4.46. The molecule has 27 heavy (non-hydrogen) atoms. The number of aromatic nitrogens is 3. The predicted octanol–water partition coefficient (Wildman–Crippen LogP) is 4.43. The highest BCUT2D eigenvalue weighted by atomic mass is 19.1. The highest BCUT2D eigenvalue weighted by Crippen LogP contribution is 2.19. The van der Waals surface area contributed by atoms with Gasteiger partial charge in [0.2, 0.25) is 0 Å². The Hall–Kier alpha value is -3.54. The fourth-order valence-electron chi connectivity index (χ4n) is 2.77. The summed E-state index contributed by atoms with van der Waals surface area (Å²) in [6, 6.07) is 16.9. The summed E-state index contributed by atoms with van der Waals surface area (Å²) in [5, 5.41) is 11.7. The van der Waals surface area contributed by atoms with Crippen LogP contribution in [0.15, 0.2) is 60.7 Å². The van der Waals surface area contributed by atoms with Gasteiger partial charge in [0.15, 0.2) is 0 Å². The van der Waals surface area contributed by atoms with E-state index in [4.69, 9.17) is 0 Å². The highest BCUT2D eigenvalue weighted by molar-refractivity contribution is 6.05. The van der Waals surface area contributed by atoms with Gasteiger partial charge >= 0.3 is 0 Å². The van der Waals surface area contributed by atoms with E-state index in [-0.39, 0.29) is 11.7 Å². The van der Waals surface area contributed by atoms with E-state index < -0.39 is 0 Å². The first kappa shape index (κ1) is 16.9. The maximum atomic E-state index is 13.1. The Morgan fingerprint density at radius 1 is 0.889 bits per heavy atom. The molecule has 1 N–H and O–H groups in total. The normalized spacial score (nSPS) is 10.9. The molecular formula is C21H17FN4O. The van der Waals surface area contributed by atoms with E-state index in [0.29, 0.717) is 28.0 Å². The monoisotopic (exact) mass is 360 g/mol. The lowest BCUT2D eigenvalue weighted by atomic mass is 10.1. The Kier molecular flexibility index (Phi) is 4.16. The zero-order valence-corrected chi connectivity index (χ0v) is 14.9. The van der Waals surface area contributed by atoms with Crippen molar-refractivity contribution in [2.24, 2.45) is 0 Å². The minimum atomic E-state index is -0.313. The summed E-state index contributed by atoms with van der Waals surface area (Å²) in [6.07, 6.45) is 0. The van der Waals surface area contributed by atoms with Crippen molar-refractivity contribution in [2.45, 2.75) is 13.8 Å². The van der Waals surface area contributed by atoms with Crippen LogP contribution >= 0.6 is 0 Å². The molecule has 0 aliphatic rings. The molecule has 0 saturated carbocycles. The summed E-state index contributed by atoms with van der Waals surface area (Å²) in [5.74, 6) is -0.491. The Morgan fingerprint density at radius 2 is 1.63 bits per heavy atom. The molecule has 1 aromatic heterocycles. The second-order valence-electron chi connectivity index (χ2n) is 6.42. The number of nitrogens with one attached hydrogen (secondary N) is 1. The van der Waals surface area contributed by atoms with E-state index in [2.05, 4.69) is 15.5 Å². The number of rotatable bonds is 3. The molecule has 0 saturated heterocycles. The van der Waals surface area contributed by atoms with Crippen LogP contribution < -0.4 is 5.32 Å². The fraction of sp³-hybridized carbons (Fsp3) is 0.0952. The van der Waals surface area contributed by atoms with Crippen LogP contribution in [0.3, 0.4) is 0 Å². The lowest BCUT2D eigenvalue weighted by molar-refractivity contribution is 0.102. The molecule has 5 nitrogen and oxygen atoms in total. The van der Waals surface area contributed by atoms with Gasteiger partial charge in [-0.3, -0.25) is 4.79 Å². The molecule has 0 aliphatic heterocycles. The topological polar surface area (TPSA) is 59.8 Å². The number of hydrogen-bond acceptors (Lipinski definition) is 3. The molecule has 6 heteroatoms. The van der Waals surface area contributed by atoms with Crippen molar-refractivity contribution in [1.29, 1.82) is 0 Å². The van der Waals surface area contributed by atoms with Gasteiger partial charge in [-0.05, 0) is 79.6 Å². The number of aryl methyl sites for hydroxylation is 2. The molecule has 1 amide bonds. The van der Waals surface area contributed by atoms with Crippen molar-refractivity contribution in [3.05, 3.63) is 83.2 Å². The Bertz CT molecular complexity index is 1150. The summed E-state index contributed by atoms with van der Waals surface area (Å²) < 4.78 is 13.1. The summed E-state index contributed by atoms with van der Waals surface area (Å²) >= 11 is 0. The molecule has 3 aromatic carbocycles. The summed E-state index contributed by atoms with van der Waals surface area (Å²) in [7, 11) is 0. The molecule has 0 radical (unpaired) electrons. The standard InChI is InChI=1S/C21H17FN4O/c1-13-3-4-15(11-14(13)2)21(27)23-17-7-10-19-20(12-17)25-26(24-19)18-8-5-16(22)6-9-18/h3-12H,1-2H3,(H,23,27). The second kappa shape index (κ2) is 6.64. The molecule has 0 bridgehead atoms. The van der Waals surface area contributed by atoms with Crippen LogP contribution in [0.2, 0.25) is 0 Å². The van der Waals surface area contributed by atoms with Crippen LogP contribution in [0.25, 0.3) is 16.7 Å². The van der Waals surface area contributed by atoms with Crippen LogP contribution in [0.5, 0.6) is 0 Å². The number of nitrogens with zero attached hydrogens (tertiary/aromatic N) is 3. The quantitative estimate of drug-likeness (QED) is 0.588. The lowest BCUT2D eigenvalue weighted by Gasteiger charge is -2.07. The van der Waals surface area contributed by atoms with Crippen LogP contribution in [-0.2, 0) is 0 Å². The van der Waals surface area contributed by atoms with Crippen molar-refractivity contribution in [2.75, 3.05) is 5.32 Å². The van der Waals surface area contributed by atoms with Gasteiger partial charge in [-0.25, -0.2) is 4.39 Å². The van der Waals surface area contributed by atoms with Gasteiger partial charge in [-0.15, -0.1) is 10.2 Å². The van der Waals surface area contributed by atoms with Crippen LogP contribution in [-0.4, -0.2) is 20.9 Å². The van der Waals surface area contributed by atoms with Crippen molar-refractivity contribution in [3.63, 3.8) is 0 Å². The van der Waals surface area contributed by atoms with Gasteiger partial charge in [0.05, 0.1) is 5.69 Å². The number of hydrogen-bond donors (Lipinski definition) is 1. The second-order valence-corrected chi connectivity index (χ2v) is 6.42. The molecule has 0 atom stereocenters. The molecule has 0 spiro atoms. The zero-order chi connectivity index (χ0) is 19.0. The van der Waals surface area contributed by atoms with E-state index in [0.717, 1.165) is 11.1 Å². The Morgan fingerprint density at radius 3 is 2.37 bits per heavy atom. The van der Waals surface area contributed by atoms with Crippen molar-refractivity contribution < 1.29 is 9.18 Å². The summed E-state index contributed by atoms with van der Waals surface area (Å²) in [6.45, 7) is 3.99. The van der Waals surface area contributed by atoms with E-state index >= 15 is 0 Å². The van der Waals surface area contributed by atoms with Gasteiger partial charge in [-0.1, -0.05) is 6.07 Å². The first-order chi connectivity index (χ1) is 13.0. The molecule has 4 rings (SSSR count). The smallest absolute Gasteiger partial charge is 0.255 e. The van der Waals surface area contributed by atoms with Crippen molar-refractivity contribution in [3.8, 4) is 5.69 Å². The molecule has 134 valence electrons. The van der Waals surface area contributed by atoms with Gasteiger partial charge in [0, 0.05) is 11.3 Å². The molecule has 0 fully saturated rings. The minimum Gasteiger partial charge on any atom is -0.322 e. The van der Waals surface area contributed by atoms with Crippen LogP contribution in [0.4, 0.5) is 10.1 Å². The number of carbonyl (C=O) groups excluding carboxylic acids is 1. The van der Waals surface area contributed by atoms with Gasteiger partial charge < -0.3 is 5.32 Å². The number of halogens is 1. The third-order valence-corrected chi connectivity index (χ3v) is 4.46. The van der Waals surface area contributed by atoms with Crippen molar-refractivity contribution >= 4 is 22.6 Å². The van der Waals surface area contributed by atoms with E-state index in [1.807, 2.05) is 26.0 Å². The Labute approximate surface area is 155 Å². The first-order valence-electron chi connectivity index (χ1n) is 8.51. The van der Waals surface area contributed by atoms with Crippen LogP contribution in [0.1, 0.15) is 21.5 Å². The van der Waals surface area contributed by atoms with Crippen molar-refractivity contribution in [1.82, 2.24) is 15.0 Å². The van der Waals surface area contributed by atoms with E-state index in [9.17, 15) is 9.18 Å². The average Bonchev–Trinajstić information content (AvgIpc) is 3.07. The number of carbonyl (C=O) groups is 1. The van der Waals surface area contributed by atoms with E-state index in [1.54, 1.807) is 36.4 Å². The summed E-state index contributed by atoms with van der Waals surface area (Å²) in [5.41, 5.74) is 5.43. The summed E-state index contributed by atoms with van der Waals surface area (Å²) in [4.78, 5) is 13.9. The molecule has 1 heterocycles. The molecule has 4 aromatic rings. The molecule has 0 unspecified atom stereocenters. The minimum absolute atomic E-state index is 0.177. The maximum Gasteiger partial charge on any atom is 0.255 e. The highest BCUT2D eigenvalue weighted by Gasteiger charge is 2.10. The number of amides is 1. The zero-order valence-electron chi connectivity index (χ0n) is 14.9. The van der Waals surface area contributed by atoms with Crippen LogP contribution in [0, 0.1) is 19.7 Å². The fourth-order valence-corrected chi connectivity index (χ4v) is 2.77. The van der Waals surface area contributed by atoms with Gasteiger partial charge in [-0.2, -0.15) is 4.80 Å². The van der Waals surface area contributed by atoms with Gasteiger partial charge in [0.25, 0.3) is 5.91 Å². The first-order valence-corrected chi connectivity index (χ1v) is 8.51. The SMILES string of the molecule is Cc1ccc(C(=O)Nc2ccc3nn(-c4ccc(F)cc4)nc3c2)cc1C. The number of anilines is 1. The maximum absolute atomic E-state index is 13.1. The molecule has 0 aliphatic carbocycles. The number of benzene rings is 3. The molecular weight excluding hydrogens is 343 g/mol. The largest absolute Gasteiger partial charge is 0.322 e. The predicted molar refractivity (Wildman–Crippen MR) is 103 cm³/mol. The van der Waals surface area contributed by atoms with Gasteiger partial charge in [0.1, 0.15) is 16.9 Å². The lowest BCUT2D eigenvalue weighted by Crippen LogP contribution is -2.12. The third kappa shape index (κ3) is 3.42. The average molecular weight is 360 g/mol. The van der Waals surface area contributed by atoms with E-state index in [1.165, 1.54) is 16.9 Å². The number of fused-ring (bicyclic) bond motifs is 1. The Balaban J connectivity index is 1.60.